The Morgan fingerprint density at radius 3 is 2.00 bits per heavy atom. The van der Waals surface area contributed by atoms with Gasteiger partial charge in [0.15, 0.2) is 0 Å². The molecule has 0 aliphatic carbocycles. The van der Waals surface area contributed by atoms with Gasteiger partial charge in [-0.05, 0) is 63.5 Å². The number of carbonyl (C=O) groups is 1. The molecule has 0 amide bonds. The quantitative estimate of drug-likeness (QED) is 0.180. The number of unbranched alkanes of at least 4 members (excludes halogenated alkanes) is 2. The lowest BCUT2D eigenvalue weighted by atomic mass is 10.2. The predicted molar refractivity (Wildman–Crippen MR) is 123 cm³/mol. The Hall–Kier alpha value is -2.68. The van der Waals surface area contributed by atoms with E-state index in [2.05, 4.69) is 72.7 Å². The van der Waals surface area contributed by atoms with Crippen molar-refractivity contribution in [3.63, 3.8) is 0 Å². The topological polar surface area (TPSA) is 39.2 Å². The van der Waals surface area contributed by atoms with E-state index in [4.69, 9.17) is 4.74 Å². The van der Waals surface area contributed by atoms with E-state index in [-0.39, 0.29) is 5.97 Å². The molecule has 29 heavy (non-hydrogen) atoms. The van der Waals surface area contributed by atoms with Crippen molar-refractivity contribution in [1.82, 2.24) is 4.98 Å². The van der Waals surface area contributed by atoms with E-state index in [9.17, 15) is 4.79 Å². The largest absolute Gasteiger partial charge is 0.462 e. The average molecular weight is 394 g/mol. The first-order valence-corrected chi connectivity index (χ1v) is 10.7. The molecule has 0 aromatic carbocycles. The smallest absolute Gasteiger partial charge is 0.339 e. The number of aromatic nitrogens is 1. The van der Waals surface area contributed by atoms with Gasteiger partial charge in [0.1, 0.15) is 0 Å². The first kappa shape index (κ1) is 24.4. The van der Waals surface area contributed by atoms with E-state index in [0.717, 1.165) is 51.4 Å². The van der Waals surface area contributed by atoms with Crippen LogP contribution in [0.15, 0.2) is 85.3 Å². The van der Waals surface area contributed by atoms with Crippen molar-refractivity contribution < 1.29 is 9.53 Å². The number of allylic oxidation sites excluding steroid dienone is 10. The second kappa shape index (κ2) is 18.7. The Bertz CT molecular complexity index is 669. The van der Waals surface area contributed by atoms with Crippen LogP contribution in [0.4, 0.5) is 0 Å². The van der Waals surface area contributed by atoms with Crippen molar-refractivity contribution in [2.45, 2.75) is 58.3 Å². The van der Waals surface area contributed by atoms with Crippen molar-refractivity contribution >= 4 is 5.97 Å². The maximum atomic E-state index is 11.7. The summed E-state index contributed by atoms with van der Waals surface area (Å²) in [6, 6.07) is 3.45. The lowest BCUT2D eigenvalue weighted by Gasteiger charge is -2.03. The molecule has 0 unspecified atom stereocenters. The van der Waals surface area contributed by atoms with Crippen molar-refractivity contribution in [1.29, 1.82) is 0 Å². The van der Waals surface area contributed by atoms with Gasteiger partial charge in [0.25, 0.3) is 0 Å². The van der Waals surface area contributed by atoms with Crippen LogP contribution in [0.1, 0.15) is 68.6 Å². The highest BCUT2D eigenvalue weighted by Crippen LogP contribution is 2.03. The van der Waals surface area contributed by atoms with Gasteiger partial charge >= 0.3 is 5.97 Å². The molecule has 1 aromatic rings. The summed E-state index contributed by atoms with van der Waals surface area (Å²) in [5.41, 5.74) is 0.505. The van der Waals surface area contributed by atoms with Crippen LogP contribution in [-0.4, -0.2) is 17.6 Å². The number of ether oxygens (including phenoxy) is 1. The van der Waals surface area contributed by atoms with E-state index >= 15 is 0 Å². The molecule has 0 aliphatic rings. The third kappa shape index (κ3) is 15.0. The van der Waals surface area contributed by atoms with Crippen molar-refractivity contribution in [3.8, 4) is 0 Å². The number of pyridine rings is 1. The molecular weight excluding hydrogens is 358 g/mol. The number of hydrogen-bond donors (Lipinski definition) is 0. The third-order valence-electron chi connectivity index (χ3n) is 4.05. The standard InChI is InChI=1S/C26H35NO2/c1-2-3-4-5-6-7-8-9-10-11-12-13-14-15-16-17-18-19-23-29-26(28)25-21-20-22-27-24-25/h3-4,6-7,9-10,12-13,15-16,20-22,24H,2,5,8,11,14,17-19,23H2,1H3/b4-3+,7-6+,10-9+,13-12+,16-15+. The minimum Gasteiger partial charge on any atom is -0.462 e. The summed E-state index contributed by atoms with van der Waals surface area (Å²) in [7, 11) is 0. The van der Waals surface area contributed by atoms with E-state index < -0.39 is 0 Å². The predicted octanol–water partition coefficient (Wildman–Crippen LogP) is 7.16. The van der Waals surface area contributed by atoms with Crippen LogP contribution in [0.2, 0.25) is 0 Å². The fourth-order valence-electron chi connectivity index (χ4n) is 2.46. The second-order valence-electron chi connectivity index (χ2n) is 6.58. The van der Waals surface area contributed by atoms with Crippen LogP contribution in [0.3, 0.4) is 0 Å². The summed E-state index contributed by atoms with van der Waals surface area (Å²) in [5, 5.41) is 0. The zero-order valence-electron chi connectivity index (χ0n) is 17.7. The van der Waals surface area contributed by atoms with Crippen LogP contribution < -0.4 is 0 Å². The minimum atomic E-state index is -0.298. The summed E-state index contributed by atoms with van der Waals surface area (Å²) >= 11 is 0. The van der Waals surface area contributed by atoms with Gasteiger partial charge in [-0.1, -0.05) is 67.7 Å². The van der Waals surface area contributed by atoms with Gasteiger partial charge in [0.2, 0.25) is 0 Å². The summed E-state index contributed by atoms with van der Waals surface area (Å²) < 4.78 is 5.23. The first-order chi connectivity index (χ1) is 14.3. The third-order valence-corrected chi connectivity index (χ3v) is 4.05. The van der Waals surface area contributed by atoms with Crippen LogP contribution in [-0.2, 0) is 4.74 Å². The zero-order chi connectivity index (χ0) is 20.8. The molecule has 0 saturated carbocycles. The lowest BCUT2D eigenvalue weighted by Crippen LogP contribution is -2.06. The molecule has 3 nitrogen and oxygen atoms in total. The molecule has 1 rings (SSSR count). The Labute approximate surface area is 176 Å². The van der Waals surface area contributed by atoms with Crippen LogP contribution in [0, 0.1) is 0 Å². The highest BCUT2D eigenvalue weighted by molar-refractivity contribution is 5.88. The maximum Gasteiger partial charge on any atom is 0.339 e. The van der Waals surface area contributed by atoms with Crippen molar-refractivity contribution in [2.75, 3.05) is 6.61 Å². The fraction of sp³-hybridized carbons (Fsp3) is 0.385. The van der Waals surface area contributed by atoms with Crippen molar-refractivity contribution in [3.05, 3.63) is 90.9 Å². The molecule has 3 heteroatoms. The first-order valence-electron chi connectivity index (χ1n) is 10.7. The molecule has 0 radical (unpaired) electrons. The molecule has 0 saturated heterocycles. The van der Waals surface area contributed by atoms with E-state index in [0.29, 0.717) is 12.2 Å². The molecular formula is C26H35NO2. The summed E-state index contributed by atoms with van der Waals surface area (Å²) in [6.45, 7) is 2.61. The Balaban J connectivity index is 1.94. The summed E-state index contributed by atoms with van der Waals surface area (Å²) in [4.78, 5) is 15.6. The van der Waals surface area contributed by atoms with Gasteiger partial charge in [-0.2, -0.15) is 0 Å². The minimum absolute atomic E-state index is 0.298. The van der Waals surface area contributed by atoms with Gasteiger partial charge in [0, 0.05) is 12.4 Å². The normalized spacial score (nSPS) is 12.3. The number of nitrogens with zero attached hydrogens (tertiary/aromatic N) is 1. The molecule has 0 aliphatic heterocycles. The number of rotatable bonds is 15. The van der Waals surface area contributed by atoms with Gasteiger partial charge in [-0.15, -0.1) is 0 Å². The van der Waals surface area contributed by atoms with Gasteiger partial charge in [-0.3, -0.25) is 4.98 Å². The Morgan fingerprint density at radius 2 is 1.45 bits per heavy atom. The average Bonchev–Trinajstić information content (AvgIpc) is 2.75. The van der Waals surface area contributed by atoms with E-state index in [1.165, 1.54) is 6.20 Å². The lowest BCUT2D eigenvalue weighted by molar-refractivity contribution is 0.0498. The molecule has 0 bridgehead atoms. The number of esters is 1. The molecule has 0 spiro atoms. The highest BCUT2D eigenvalue weighted by Gasteiger charge is 2.05. The van der Waals surface area contributed by atoms with Crippen LogP contribution in [0.5, 0.6) is 0 Å². The second-order valence-corrected chi connectivity index (χ2v) is 6.58. The zero-order valence-corrected chi connectivity index (χ0v) is 17.7. The van der Waals surface area contributed by atoms with Crippen LogP contribution in [0.25, 0.3) is 0 Å². The highest BCUT2D eigenvalue weighted by atomic mass is 16.5. The van der Waals surface area contributed by atoms with Gasteiger partial charge in [-0.25, -0.2) is 4.79 Å². The maximum absolute atomic E-state index is 11.7. The van der Waals surface area contributed by atoms with E-state index in [1.807, 2.05) is 0 Å². The molecule has 1 heterocycles. The van der Waals surface area contributed by atoms with Gasteiger partial charge < -0.3 is 4.74 Å². The Morgan fingerprint density at radius 1 is 0.862 bits per heavy atom. The SMILES string of the molecule is CC/C=C/C/C=C/C/C=C/C/C=C/C/C=C/CCCCOC(=O)c1cccnc1. The van der Waals surface area contributed by atoms with E-state index in [1.54, 1.807) is 18.3 Å². The number of hydrogen-bond acceptors (Lipinski definition) is 3. The Kier molecular flexibility index (Phi) is 15.7. The van der Waals surface area contributed by atoms with Crippen molar-refractivity contribution in [2.24, 2.45) is 0 Å². The summed E-state index contributed by atoms with van der Waals surface area (Å²) in [5.74, 6) is -0.298. The molecule has 156 valence electrons. The molecule has 1 aromatic heterocycles. The fourth-order valence-corrected chi connectivity index (χ4v) is 2.46. The summed E-state index contributed by atoms with van der Waals surface area (Å²) in [6.07, 6.45) is 33.2. The number of carbonyl (C=O) groups excluding carboxylic acids is 1. The molecule has 0 N–H and O–H groups in total. The molecule has 0 fully saturated rings. The van der Waals surface area contributed by atoms with Gasteiger partial charge in [0.05, 0.1) is 12.2 Å². The van der Waals surface area contributed by atoms with Crippen LogP contribution >= 0.6 is 0 Å². The monoisotopic (exact) mass is 393 g/mol. The molecule has 0 atom stereocenters.